The Morgan fingerprint density at radius 1 is 1.16 bits per heavy atom. The summed E-state index contributed by atoms with van der Waals surface area (Å²) in [6.07, 6.45) is 9.93. The molecular formula is C17H25NO. The average Bonchev–Trinajstić information content (AvgIpc) is 2.45. The van der Waals surface area contributed by atoms with Crippen molar-refractivity contribution in [2.45, 2.75) is 57.9 Å². The molecule has 104 valence electrons. The highest BCUT2D eigenvalue weighted by Crippen LogP contribution is 2.52. The first-order valence-corrected chi connectivity index (χ1v) is 7.65. The molecule has 0 heterocycles. The van der Waals surface area contributed by atoms with Crippen molar-refractivity contribution in [2.75, 3.05) is 12.4 Å². The molecule has 19 heavy (non-hydrogen) atoms. The second kappa shape index (κ2) is 5.07. The number of nitrogens with one attached hydrogen (secondary N) is 1. The second-order valence-electron chi connectivity index (χ2n) is 6.34. The average molecular weight is 259 g/mol. The molecule has 2 aliphatic carbocycles. The maximum atomic E-state index is 5.28. The van der Waals surface area contributed by atoms with E-state index < -0.39 is 0 Å². The maximum Gasteiger partial charge on any atom is 0.119 e. The predicted octanol–water partition coefficient (Wildman–Crippen LogP) is 4.53. The van der Waals surface area contributed by atoms with Gasteiger partial charge in [0, 0.05) is 11.7 Å². The Balaban J connectivity index is 1.71. The van der Waals surface area contributed by atoms with Crippen LogP contribution in [0.5, 0.6) is 5.75 Å². The summed E-state index contributed by atoms with van der Waals surface area (Å²) < 4.78 is 5.28. The summed E-state index contributed by atoms with van der Waals surface area (Å²) in [6.45, 7) is 2.16. The molecule has 1 aromatic rings. The molecule has 3 rings (SSSR count). The number of anilines is 1. The van der Waals surface area contributed by atoms with E-state index in [0.717, 1.165) is 5.75 Å². The van der Waals surface area contributed by atoms with Gasteiger partial charge in [-0.25, -0.2) is 0 Å². The lowest BCUT2D eigenvalue weighted by molar-refractivity contribution is 0.0571. The molecule has 1 spiro atoms. The molecule has 0 aromatic heterocycles. The summed E-state index contributed by atoms with van der Waals surface area (Å²) in [7, 11) is 1.73. The van der Waals surface area contributed by atoms with Gasteiger partial charge in [-0.3, -0.25) is 0 Å². The van der Waals surface area contributed by atoms with E-state index in [2.05, 4.69) is 30.4 Å². The Hall–Kier alpha value is -1.18. The van der Waals surface area contributed by atoms with E-state index in [4.69, 9.17) is 4.74 Å². The van der Waals surface area contributed by atoms with Crippen LogP contribution in [-0.4, -0.2) is 13.2 Å². The Kier molecular flexibility index (Phi) is 3.42. The first-order chi connectivity index (χ1) is 9.23. The molecule has 0 saturated heterocycles. The van der Waals surface area contributed by atoms with Gasteiger partial charge < -0.3 is 10.1 Å². The molecule has 1 atom stereocenters. The van der Waals surface area contributed by atoms with Crippen LogP contribution in [0, 0.1) is 12.3 Å². The largest absolute Gasteiger partial charge is 0.497 e. The molecule has 2 nitrogen and oxygen atoms in total. The van der Waals surface area contributed by atoms with Crippen LogP contribution in [0.1, 0.15) is 50.5 Å². The molecule has 0 amide bonds. The van der Waals surface area contributed by atoms with Crippen molar-refractivity contribution >= 4 is 5.69 Å². The van der Waals surface area contributed by atoms with Gasteiger partial charge in [-0.15, -0.1) is 0 Å². The minimum atomic E-state index is 0.616. The normalized spacial score (nSPS) is 24.8. The molecule has 1 unspecified atom stereocenters. The van der Waals surface area contributed by atoms with E-state index in [1.165, 1.54) is 56.2 Å². The van der Waals surface area contributed by atoms with E-state index in [1.54, 1.807) is 7.11 Å². The lowest BCUT2D eigenvalue weighted by atomic mass is 9.57. The Bertz CT molecular complexity index is 449. The monoisotopic (exact) mass is 259 g/mol. The molecule has 2 heteroatoms. The summed E-state index contributed by atoms with van der Waals surface area (Å²) in [4.78, 5) is 0. The van der Waals surface area contributed by atoms with Crippen LogP contribution in [-0.2, 0) is 0 Å². The van der Waals surface area contributed by atoms with Gasteiger partial charge >= 0.3 is 0 Å². The van der Waals surface area contributed by atoms with E-state index in [-0.39, 0.29) is 0 Å². The van der Waals surface area contributed by atoms with Crippen molar-refractivity contribution in [3.8, 4) is 5.75 Å². The van der Waals surface area contributed by atoms with Crippen LogP contribution in [0.15, 0.2) is 18.2 Å². The number of benzene rings is 1. The second-order valence-corrected chi connectivity index (χ2v) is 6.34. The topological polar surface area (TPSA) is 21.3 Å². The first-order valence-electron chi connectivity index (χ1n) is 7.65. The highest BCUT2D eigenvalue weighted by atomic mass is 16.5. The predicted molar refractivity (Wildman–Crippen MR) is 79.9 cm³/mol. The zero-order valence-corrected chi connectivity index (χ0v) is 12.2. The summed E-state index contributed by atoms with van der Waals surface area (Å²) in [5.74, 6) is 0.948. The van der Waals surface area contributed by atoms with E-state index in [0.29, 0.717) is 11.5 Å². The van der Waals surface area contributed by atoms with E-state index in [1.807, 2.05) is 0 Å². The van der Waals surface area contributed by atoms with Crippen LogP contribution in [0.25, 0.3) is 0 Å². The fourth-order valence-electron chi connectivity index (χ4n) is 3.89. The zero-order valence-electron chi connectivity index (χ0n) is 12.2. The smallest absolute Gasteiger partial charge is 0.119 e. The number of ether oxygens (including phenoxy) is 1. The van der Waals surface area contributed by atoms with Gasteiger partial charge in [0.2, 0.25) is 0 Å². The molecular weight excluding hydrogens is 234 g/mol. The summed E-state index contributed by atoms with van der Waals surface area (Å²) in [5, 5.41) is 3.80. The number of hydrogen-bond donors (Lipinski definition) is 1. The quantitative estimate of drug-likeness (QED) is 0.861. The van der Waals surface area contributed by atoms with E-state index >= 15 is 0 Å². The third kappa shape index (κ3) is 2.33. The minimum absolute atomic E-state index is 0.616. The third-order valence-electron chi connectivity index (χ3n) is 5.28. The maximum absolute atomic E-state index is 5.28. The van der Waals surface area contributed by atoms with Gasteiger partial charge in [-0.1, -0.05) is 19.3 Å². The Morgan fingerprint density at radius 2 is 1.95 bits per heavy atom. The van der Waals surface area contributed by atoms with Crippen molar-refractivity contribution in [1.82, 2.24) is 0 Å². The molecule has 1 aromatic carbocycles. The zero-order chi connectivity index (χ0) is 13.3. The molecule has 1 N–H and O–H groups in total. The van der Waals surface area contributed by atoms with Gasteiger partial charge in [-0.2, -0.15) is 0 Å². The van der Waals surface area contributed by atoms with Crippen LogP contribution in [0.3, 0.4) is 0 Å². The fourth-order valence-corrected chi connectivity index (χ4v) is 3.89. The summed E-state index contributed by atoms with van der Waals surface area (Å²) in [6, 6.07) is 7.04. The number of methoxy groups -OCH3 is 1. The van der Waals surface area contributed by atoms with Crippen LogP contribution in [0.2, 0.25) is 0 Å². The van der Waals surface area contributed by atoms with Crippen LogP contribution in [0.4, 0.5) is 5.69 Å². The lowest BCUT2D eigenvalue weighted by Crippen LogP contribution is -2.50. The molecule has 0 radical (unpaired) electrons. The molecule has 2 saturated carbocycles. The first kappa shape index (κ1) is 12.8. The van der Waals surface area contributed by atoms with Crippen molar-refractivity contribution < 1.29 is 4.74 Å². The highest BCUT2D eigenvalue weighted by Gasteiger charge is 2.46. The summed E-state index contributed by atoms with van der Waals surface area (Å²) >= 11 is 0. The van der Waals surface area contributed by atoms with E-state index in [9.17, 15) is 0 Å². The molecule has 2 fully saturated rings. The summed E-state index contributed by atoms with van der Waals surface area (Å²) in [5.41, 5.74) is 3.19. The van der Waals surface area contributed by atoms with Gasteiger partial charge in [0.05, 0.1) is 7.11 Å². The van der Waals surface area contributed by atoms with Crippen molar-refractivity contribution in [3.05, 3.63) is 23.8 Å². The van der Waals surface area contributed by atoms with Gasteiger partial charge in [0.15, 0.2) is 0 Å². The fraction of sp³-hybridized carbons (Fsp3) is 0.647. The molecule has 2 aliphatic rings. The Labute approximate surface area is 116 Å². The number of rotatable bonds is 3. The Morgan fingerprint density at radius 3 is 2.53 bits per heavy atom. The minimum Gasteiger partial charge on any atom is -0.497 e. The van der Waals surface area contributed by atoms with Crippen molar-refractivity contribution in [2.24, 2.45) is 5.41 Å². The molecule has 0 aliphatic heterocycles. The van der Waals surface area contributed by atoms with Gasteiger partial charge in [-0.05, 0) is 61.8 Å². The van der Waals surface area contributed by atoms with Crippen molar-refractivity contribution in [3.63, 3.8) is 0 Å². The van der Waals surface area contributed by atoms with Gasteiger partial charge in [0.25, 0.3) is 0 Å². The van der Waals surface area contributed by atoms with Crippen molar-refractivity contribution in [1.29, 1.82) is 0 Å². The third-order valence-corrected chi connectivity index (χ3v) is 5.28. The SMILES string of the molecule is COc1ccc(NC2CCC23CCCCC3)c(C)c1. The standard InChI is InChI=1S/C17H25NO/c1-13-12-14(19-2)6-7-15(13)18-16-8-11-17(16)9-4-3-5-10-17/h6-7,12,16,18H,3-5,8-11H2,1-2H3. The number of aryl methyl sites for hydroxylation is 1. The lowest BCUT2D eigenvalue weighted by Gasteiger charge is -2.53. The number of hydrogen-bond acceptors (Lipinski definition) is 2. The highest BCUT2D eigenvalue weighted by molar-refractivity contribution is 5.54. The van der Waals surface area contributed by atoms with Crippen LogP contribution >= 0.6 is 0 Å². The molecule has 0 bridgehead atoms. The van der Waals surface area contributed by atoms with Gasteiger partial charge in [0.1, 0.15) is 5.75 Å². The van der Waals surface area contributed by atoms with Crippen LogP contribution < -0.4 is 10.1 Å².